The Morgan fingerprint density at radius 1 is 0.795 bits per heavy atom. The van der Waals surface area contributed by atoms with Crippen LogP contribution < -0.4 is 32.4 Å². The Morgan fingerprint density at radius 2 is 1.41 bits per heavy atom. The lowest BCUT2D eigenvalue weighted by molar-refractivity contribution is 0.0698. The van der Waals surface area contributed by atoms with E-state index >= 15 is 0 Å². The van der Waals surface area contributed by atoms with E-state index in [1.54, 1.807) is 6.07 Å². The minimum absolute atomic E-state index is 0.0129. The number of hydrogen-bond acceptors (Lipinski definition) is 14. The van der Waals surface area contributed by atoms with Crippen LogP contribution in [0.2, 0.25) is 0 Å². The Hall–Kier alpha value is -5.36. The van der Waals surface area contributed by atoms with Gasteiger partial charge in [-0.2, -0.15) is 8.42 Å². The molecule has 16 nitrogen and oxygen atoms in total. The number of aromatic hydroxyl groups is 1. The van der Waals surface area contributed by atoms with E-state index in [0.29, 0.717) is 16.8 Å². The van der Waals surface area contributed by atoms with Gasteiger partial charge in [-0.1, -0.05) is 6.07 Å². The van der Waals surface area contributed by atoms with Gasteiger partial charge in [0.15, 0.2) is 5.75 Å². The third-order valence-electron chi connectivity index (χ3n) is 5.71. The smallest absolute Gasteiger partial charge is 0.337 e. The number of aliphatic hydroxyl groups excluding tert-OH is 2. The SMILES string of the molecule is Nc1ccc(N)c(C(=O)O)c1.Nc1ccc2cc(S(=O)(=O)O)c(N=Nc3cc(OCCO)c(N)cc3OCCO)c(O)c2c1. The van der Waals surface area contributed by atoms with Crippen molar-refractivity contribution in [2.75, 3.05) is 49.4 Å². The predicted molar refractivity (Wildman–Crippen MR) is 162 cm³/mol. The molecule has 4 rings (SSSR count). The van der Waals surface area contributed by atoms with Crippen molar-refractivity contribution in [2.45, 2.75) is 4.90 Å². The second-order valence-corrected chi connectivity index (χ2v) is 10.3. The topological polar surface area (TPSA) is 300 Å². The maximum absolute atomic E-state index is 12.0. The minimum Gasteiger partial charge on any atom is -0.505 e. The van der Waals surface area contributed by atoms with Gasteiger partial charge < -0.3 is 52.8 Å². The van der Waals surface area contributed by atoms with Gasteiger partial charge in [-0.15, -0.1) is 10.2 Å². The molecule has 0 fully saturated rings. The van der Waals surface area contributed by atoms with Gasteiger partial charge in [-0.05, 0) is 41.8 Å². The fourth-order valence-corrected chi connectivity index (χ4v) is 4.37. The first-order valence-electron chi connectivity index (χ1n) is 12.5. The molecule has 17 heteroatoms. The molecule has 0 spiro atoms. The largest absolute Gasteiger partial charge is 0.505 e. The van der Waals surface area contributed by atoms with Crippen molar-refractivity contribution in [2.24, 2.45) is 10.2 Å². The average Bonchev–Trinajstić information content (AvgIpc) is 2.96. The molecule has 0 aliphatic rings. The van der Waals surface area contributed by atoms with Gasteiger partial charge in [0.25, 0.3) is 10.1 Å². The lowest BCUT2D eigenvalue weighted by Gasteiger charge is -2.13. The first-order chi connectivity index (χ1) is 20.8. The number of carbonyl (C=O) groups is 1. The average molecular weight is 631 g/mol. The van der Waals surface area contributed by atoms with Crippen molar-refractivity contribution in [3.05, 3.63) is 60.2 Å². The van der Waals surface area contributed by atoms with Crippen LogP contribution in [0.3, 0.4) is 0 Å². The number of aliphatic hydroxyl groups is 2. The maximum Gasteiger partial charge on any atom is 0.337 e. The van der Waals surface area contributed by atoms with Crippen molar-refractivity contribution in [1.82, 2.24) is 0 Å². The van der Waals surface area contributed by atoms with Crippen LogP contribution in [0.15, 0.2) is 69.7 Å². The molecule has 0 aliphatic heterocycles. The Morgan fingerprint density at radius 3 is 2.00 bits per heavy atom. The zero-order valence-corrected chi connectivity index (χ0v) is 23.7. The summed E-state index contributed by atoms with van der Waals surface area (Å²) in [7, 11) is -4.79. The number of phenols is 1. The van der Waals surface area contributed by atoms with Crippen molar-refractivity contribution in [1.29, 1.82) is 0 Å². The van der Waals surface area contributed by atoms with Crippen molar-refractivity contribution in [3.8, 4) is 17.2 Å². The molecule has 0 saturated carbocycles. The highest BCUT2D eigenvalue weighted by molar-refractivity contribution is 7.86. The van der Waals surface area contributed by atoms with Crippen LogP contribution in [0.25, 0.3) is 10.8 Å². The summed E-state index contributed by atoms with van der Waals surface area (Å²) in [6.07, 6.45) is 0. The number of benzene rings is 4. The predicted octanol–water partition coefficient (Wildman–Crippen LogP) is 2.66. The number of phenolic OH excluding ortho intramolecular Hbond substituents is 1. The molecule has 0 bridgehead atoms. The summed E-state index contributed by atoms with van der Waals surface area (Å²) in [5, 5.41) is 45.6. The van der Waals surface area contributed by atoms with Crippen molar-refractivity contribution >= 4 is 61.0 Å². The van der Waals surface area contributed by atoms with E-state index < -0.39 is 32.4 Å². The van der Waals surface area contributed by atoms with Gasteiger partial charge in [0.05, 0.1) is 24.5 Å². The fourth-order valence-electron chi connectivity index (χ4n) is 3.71. The van der Waals surface area contributed by atoms with E-state index in [1.165, 1.54) is 42.5 Å². The number of fused-ring (bicyclic) bond motifs is 1. The van der Waals surface area contributed by atoms with Crippen LogP contribution in [0.4, 0.5) is 34.1 Å². The summed E-state index contributed by atoms with van der Waals surface area (Å²) >= 11 is 0. The number of nitrogen functional groups attached to an aromatic ring is 4. The number of anilines is 4. The van der Waals surface area contributed by atoms with E-state index in [9.17, 15) is 22.9 Å². The summed E-state index contributed by atoms with van der Waals surface area (Å²) in [5.74, 6) is -1.41. The quantitative estimate of drug-likeness (QED) is 0.0691. The lowest BCUT2D eigenvalue weighted by atomic mass is 10.1. The van der Waals surface area contributed by atoms with E-state index in [4.69, 9.17) is 47.7 Å². The number of nitrogens with zero attached hydrogens (tertiary/aromatic N) is 2. The van der Waals surface area contributed by atoms with E-state index in [0.717, 1.165) is 6.07 Å². The number of nitrogens with two attached hydrogens (primary N) is 4. The standard InChI is InChI=1S/C20H22N4O8S.C7H8N2O2/c21-12-2-1-11-7-18(33(28,29)30)19(20(27)13(11)8-12)24-23-15-10-16(31-5-3-25)14(22)9-17(15)32-6-4-26;8-4-1-2-6(9)5(3-4)7(10)11/h1-2,7-10,25-27H,3-6,21-22H2,(H,28,29,30);1-3H,8-9H2,(H,10,11). The third-order valence-corrected chi connectivity index (χ3v) is 6.58. The molecule has 0 saturated heterocycles. The monoisotopic (exact) mass is 630 g/mol. The van der Waals surface area contributed by atoms with E-state index in [1.807, 2.05) is 0 Å². The molecule has 0 aliphatic carbocycles. The van der Waals surface area contributed by atoms with Crippen LogP contribution in [-0.2, 0) is 10.1 Å². The van der Waals surface area contributed by atoms with Crippen LogP contribution in [-0.4, -0.2) is 65.8 Å². The van der Waals surface area contributed by atoms with E-state index in [-0.39, 0.29) is 65.9 Å². The molecule has 0 atom stereocenters. The molecule has 234 valence electrons. The molecule has 0 amide bonds. The third kappa shape index (κ3) is 8.13. The van der Waals surface area contributed by atoms with Crippen LogP contribution in [0.5, 0.6) is 17.2 Å². The van der Waals surface area contributed by atoms with E-state index in [2.05, 4.69) is 10.2 Å². The van der Waals surface area contributed by atoms with Gasteiger partial charge in [-0.25, -0.2) is 4.79 Å². The lowest BCUT2D eigenvalue weighted by Crippen LogP contribution is -2.05. The van der Waals surface area contributed by atoms with Gasteiger partial charge in [0.1, 0.15) is 41.0 Å². The zero-order chi connectivity index (χ0) is 32.6. The highest BCUT2D eigenvalue weighted by Gasteiger charge is 2.22. The molecular formula is C27H30N6O10S. The Bertz CT molecular complexity index is 1820. The highest BCUT2D eigenvalue weighted by atomic mass is 32.2. The minimum atomic E-state index is -4.79. The van der Waals surface area contributed by atoms with Gasteiger partial charge in [-0.3, -0.25) is 4.55 Å². The molecule has 4 aromatic carbocycles. The second kappa shape index (κ2) is 14.2. The van der Waals surface area contributed by atoms with Gasteiger partial charge >= 0.3 is 5.97 Å². The Labute approximate surface area is 250 Å². The highest BCUT2D eigenvalue weighted by Crippen LogP contribution is 2.43. The maximum atomic E-state index is 12.0. The number of ether oxygens (including phenoxy) is 2. The molecule has 0 heterocycles. The molecular weight excluding hydrogens is 600 g/mol. The van der Waals surface area contributed by atoms with Crippen LogP contribution >= 0.6 is 0 Å². The Balaban J connectivity index is 0.000000404. The van der Waals surface area contributed by atoms with Crippen LogP contribution in [0.1, 0.15) is 10.4 Å². The molecule has 0 aromatic heterocycles. The molecule has 4 aromatic rings. The first-order valence-corrected chi connectivity index (χ1v) is 13.9. The van der Waals surface area contributed by atoms with Crippen molar-refractivity contribution in [3.63, 3.8) is 0 Å². The molecule has 44 heavy (non-hydrogen) atoms. The Kier molecular flexibility index (Phi) is 10.7. The van der Waals surface area contributed by atoms with Gasteiger partial charge in [0, 0.05) is 34.6 Å². The first kappa shape index (κ1) is 33.1. The van der Waals surface area contributed by atoms with Crippen LogP contribution in [0, 0.1) is 0 Å². The summed E-state index contributed by atoms with van der Waals surface area (Å²) in [6, 6.07) is 12.6. The normalized spacial score (nSPS) is 11.2. The molecule has 0 radical (unpaired) electrons. The van der Waals surface area contributed by atoms with Gasteiger partial charge in [0.2, 0.25) is 0 Å². The second-order valence-electron chi connectivity index (χ2n) is 8.88. The number of hydrogen-bond donors (Lipinski definition) is 9. The summed E-state index contributed by atoms with van der Waals surface area (Å²) in [6.45, 7) is -0.739. The van der Waals surface area contributed by atoms with Crippen molar-refractivity contribution < 1.29 is 47.7 Å². The summed E-state index contributed by atoms with van der Waals surface area (Å²) < 4.78 is 44.3. The zero-order valence-electron chi connectivity index (χ0n) is 22.9. The number of carboxylic acids is 1. The number of azo groups is 1. The summed E-state index contributed by atoms with van der Waals surface area (Å²) in [5.41, 5.74) is 23.0. The molecule has 0 unspecified atom stereocenters. The number of rotatable bonds is 10. The fraction of sp³-hybridized carbons (Fsp3) is 0.148. The molecule has 13 N–H and O–H groups in total. The number of aromatic carboxylic acids is 1. The summed E-state index contributed by atoms with van der Waals surface area (Å²) in [4.78, 5) is 9.76. The number of carboxylic acid groups (broad SMARTS) is 1.